The van der Waals surface area contributed by atoms with Crippen LogP contribution in [0.15, 0.2) is 79.4 Å². The molecule has 5 rings (SSSR count). The van der Waals surface area contributed by atoms with Gasteiger partial charge < -0.3 is 0 Å². The van der Waals surface area contributed by atoms with E-state index in [1.807, 2.05) is 13.0 Å². The maximum atomic E-state index is 15.2. The van der Waals surface area contributed by atoms with Gasteiger partial charge in [-0.05, 0) is 60.5 Å². The molecule has 0 fully saturated rings. The second-order valence-electron chi connectivity index (χ2n) is 7.12. The van der Waals surface area contributed by atoms with Gasteiger partial charge in [0.15, 0.2) is 0 Å². The molecule has 0 radical (unpaired) electrons. The quantitative estimate of drug-likeness (QED) is 0.419. The number of benzene rings is 2. The molecule has 0 aliphatic heterocycles. The molecule has 0 atom stereocenters. The predicted octanol–water partition coefficient (Wildman–Crippen LogP) is 5.58. The van der Waals surface area contributed by atoms with E-state index in [1.54, 1.807) is 65.9 Å². The van der Waals surface area contributed by atoms with E-state index in [4.69, 9.17) is 0 Å². The molecule has 1 N–H and O–H groups in total. The number of H-pyrrole nitrogens is 1. The summed E-state index contributed by atoms with van der Waals surface area (Å²) in [6.45, 7) is 1.82. The summed E-state index contributed by atoms with van der Waals surface area (Å²) in [6, 6.07) is 15.1. The highest BCUT2D eigenvalue weighted by Gasteiger charge is 2.20. The van der Waals surface area contributed by atoms with Crippen LogP contribution in [0.25, 0.3) is 39.2 Å². The van der Waals surface area contributed by atoms with E-state index in [-0.39, 0.29) is 5.56 Å². The molecule has 7 heteroatoms. The molecule has 0 aliphatic carbocycles. The van der Waals surface area contributed by atoms with Gasteiger partial charge in [0.2, 0.25) is 0 Å². The van der Waals surface area contributed by atoms with Crippen molar-refractivity contribution in [1.29, 1.82) is 0 Å². The summed E-state index contributed by atoms with van der Waals surface area (Å²) in [6.07, 6.45) is 6.73. The number of aromatic amines is 1. The van der Waals surface area contributed by atoms with Crippen molar-refractivity contribution in [3.05, 3.63) is 96.7 Å². The summed E-state index contributed by atoms with van der Waals surface area (Å²) in [7, 11) is 0. The van der Waals surface area contributed by atoms with Crippen LogP contribution in [-0.4, -0.2) is 25.0 Å². The lowest BCUT2D eigenvalue weighted by atomic mass is 9.96. The molecule has 3 aromatic heterocycles. The first-order valence-electron chi connectivity index (χ1n) is 9.67. The molecule has 31 heavy (non-hydrogen) atoms. The first-order chi connectivity index (χ1) is 15.1. The molecule has 152 valence electrons. The van der Waals surface area contributed by atoms with Crippen LogP contribution in [0.2, 0.25) is 0 Å². The standard InChI is InChI=1S/C24H17F2N5/c1-15-22(24(30-29-15)16-6-9-27-10-7-16)18-13-20(25)23(21(26)14-18)17-4-2-5-19(12-17)31-11-3-8-28-31/h2-14H,1H3,(H,29,30). The summed E-state index contributed by atoms with van der Waals surface area (Å²) in [5.74, 6) is -1.29. The number of aromatic nitrogens is 5. The number of aryl methyl sites for hydroxylation is 1. The smallest absolute Gasteiger partial charge is 0.134 e. The monoisotopic (exact) mass is 413 g/mol. The maximum absolute atomic E-state index is 15.2. The molecular formula is C24H17F2N5. The lowest BCUT2D eigenvalue weighted by Gasteiger charge is -2.11. The van der Waals surface area contributed by atoms with Crippen molar-refractivity contribution in [2.75, 3.05) is 0 Å². The second-order valence-corrected chi connectivity index (χ2v) is 7.12. The zero-order valence-corrected chi connectivity index (χ0v) is 16.6. The van der Waals surface area contributed by atoms with Gasteiger partial charge in [-0.2, -0.15) is 10.2 Å². The zero-order valence-electron chi connectivity index (χ0n) is 16.6. The van der Waals surface area contributed by atoms with Gasteiger partial charge in [-0.3, -0.25) is 10.1 Å². The van der Waals surface area contributed by atoms with Gasteiger partial charge in [0.1, 0.15) is 17.3 Å². The number of hydrogen-bond acceptors (Lipinski definition) is 3. The van der Waals surface area contributed by atoms with Gasteiger partial charge in [0.05, 0.1) is 11.3 Å². The summed E-state index contributed by atoms with van der Waals surface area (Å²) in [5.41, 5.74) is 4.30. The number of hydrogen-bond donors (Lipinski definition) is 1. The molecular weight excluding hydrogens is 396 g/mol. The van der Waals surface area contributed by atoms with E-state index in [2.05, 4.69) is 20.3 Å². The molecule has 5 aromatic rings. The number of nitrogens with one attached hydrogen (secondary N) is 1. The van der Waals surface area contributed by atoms with Crippen LogP contribution in [0.1, 0.15) is 5.69 Å². The first kappa shape index (κ1) is 18.9. The van der Waals surface area contributed by atoms with Crippen molar-refractivity contribution in [1.82, 2.24) is 25.0 Å². The average molecular weight is 413 g/mol. The van der Waals surface area contributed by atoms with Crippen molar-refractivity contribution in [2.45, 2.75) is 6.92 Å². The third-order valence-electron chi connectivity index (χ3n) is 5.14. The normalized spacial score (nSPS) is 11.1. The topological polar surface area (TPSA) is 59.4 Å². The Labute approximate surface area is 177 Å². The maximum Gasteiger partial charge on any atom is 0.134 e. The van der Waals surface area contributed by atoms with Crippen LogP contribution < -0.4 is 0 Å². The largest absolute Gasteiger partial charge is 0.282 e. The number of nitrogens with zero attached hydrogens (tertiary/aromatic N) is 4. The highest BCUT2D eigenvalue weighted by molar-refractivity contribution is 5.83. The van der Waals surface area contributed by atoms with Crippen molar-refractivity contribution >= 4 is 0 Å². The summed E-state index contributed by atoms with van der Waals surface area (Å²) in [5, 5.41) is 11.4. The SMILES string of the molecule is Cc1[nH]nc(-c2ccncc2)c1-c1cc(F)c(-c2cccc(-n3cccn3)c2)c(F)c1. The van der Waals surface area contributed by atoms with Crippen molar-refractivity contribution in [3.63, 3.8) is 0 Å². The first-order valence-corrected chi connectivity index (χ1v) is 9.67. The lowest BCUT2D eigenvalue weighted by molar-refractivity contribution is 0.590. The zero-order chi connectivity index (χ0) is 21.4. The fourth-order valence-corrected chi connectivity index (χ4v) is 3.72. The van der Waals surface area contributed by atoms with Gasteiger partial charge in [-0.25, -0.2) is 13.5 Å². The van der Waals surface area contributed by atoms with Crippen molar-refractivity contribution in [3.8, 4) is 39.2 Å². The second kappa shape index (κ2) is 7.60. The molecule has 2 aromatic carbocycles. The van der Waals surface area contributed by atoms with Crippen LogP contribution in [0, 0.1) is 18.6 Å². The Morgan fingerprint density at radius 1 is 0.806 bits per heavy atom. The third-order valence-corrected chi connectivity index (χ3v) is 5.14. The Morgan fingerprint density at radius 3 is 2.29 bits per heavy atom. The highest BCUT2D eigenvalue weighted by atomic mass is 19.1. The van der Waals surface area contributed by atoms with E-state index >= 15 is 8.78 Å². The summed E-state index contributed by atoms with van der Waals surface area (Å²) >= 11 is 0. The Bertz CT molecular complexity index is 1340. The highest BCUT2D eigenvalue weighted by Crippen LogP contribution is 2.36. The van der Waals surface area contributed by atoms with Gasteiger partial charge in [-0.1, -0.05) is 12.1 Å². The van der Waals surface area contributed by atoms with Crippen LogP contribution >= 0.6 is 0 Å². The number of rotatable bonds is 4. The van der Waals surface area contributed by atoms with E-state index in [0.717, 1.165) is 16.9 Å². The van der Waals surface area contributed by atoms with Gasteiger partial charge in [-0.15, -0.1) is 0 Å². The Kier molecular flexibility index (Phi) is 4.63. The van der Waals surface area contributed by atoms with E-state index < -0.39 is 11.6 Å². The minimum Gasteiger partial charge on any atom is -0.282 e. The number of pyridine rings is 1. The summed E-state index contributed by atoms with van der Waals surface area (Å²) in [4.78, 5) is 4.01. The van der Waals surface area contributed by atoms with Crippen LogP contribution in [-0.2, 0) is 0 Å². The minimum atomic E-state index is -0.645. The minimum absolute atomic E-state index is 0.0793. The number of halogens is 2. The third kappa shape index (κ3) is 3.40. The van der Waals surface area contributed by atoms with Gasteiger partial charge in [0, 0.05) is 41.6 Å². The molecule has 0 saturated heterocycles. The molecule has 0 amide bonds. The van der Waals surface area contributed by atoms with Crippen molar-refractivity contribution in [2.24, 2.45) is 0 Å². The molecule has 0 spiro atoms. The summed E-state index contributed by atoms with van der Waals surface area (Å²) < 4.78 is 32.1. The fourth-order valence-electron chi connectivity index (χ4n) is 3.72. The average Bonchev–Trinajstić information content (AvgIpc) is 3.44. The fraction of sp³-hybridized carbons (Fsp3) is 0.0417. The van der Waals surface area contributed by atoms with Crippen molar-refractivity contribution < 1.29 is 8.78 Å². The molecule has 0 bridgehead atoms. The van der Waals surface area contributed by atoms with Crippen LogP contribution in [0.4, 0.5) is 8.78 Å². The van der Waals surface area contributed by atoms with E-state index in [1.165, 1.54) is 12.1 Å². The Balaban J connectivity index is 1.61. The molecule has 5 nitrogen and oxygen atoms in total. The Hall–Kier alpha value is -4.13. The molecule has 0 unspecified atom stereocenters. The van der Waals surface area contributed by atoms with Gasteiger partial charge >= 0.3 is 0 Å². The molecule has 0 aliphatic rings. The van der Waals surface area contributed by atoms with Gasteiger partial charge in [0.25, 0.3) is 0 Å². The lowest BCUT2D eigenvalue weighted by Crippen LogP contribution is -1.97. The van der Waals surface area contributed by atoms with Crippen LogP contribution in [0.5, 0.6) is 0 Å². The molecule has 0 saturated carbocycles. The predicted molar refractivity (Wildman–Crippen MR) is 114 cm³/mol. The van der Waals surface area contributed by atoms with E-state index in [0.29, 0.717) is 22.4 Å². The molecule has 3 heterocycles. The Morgan fingerprint density at radius 2 is 1.58 bits per heavy atom. The van der Waals surface area contributed by atoms with E-state index in [9.17, 15) is 0 Å². The van der Waals surface area contributed by atoms with Crippen LogP contribution in [0.3, 0.4) is 0 Å².